The van der Waals surface area contributed by atoms with Gasteiger partial charge in [-0.3, -0.25) is 14.4 Å². The lowest BCUT2D eigenvalue weighted by molar-refractivity contribution is -0.129. The first-order chi connectivity index (χ1) is 13.5. The molecule has 0 N–H and O–H groups in total. The molecule has 0 aliphatic carbocycles. The zero-order valence-electron chi connectivity index (χ0n) is 15.9. The SMILES string of the molecule is CC(C)(C)C(=O)COC(=O)c1ccc2c(c1)C(=O)N(c1cc(Cl)ccc1Cl)C2=O. The lowest BCUT2D eigenvalue weighted by atomic mass is 9.91. The number of ether oxygens (including phenoxy) is 1. The standard InChI is InChI=1S/C21H17Cl2NO5/c1-21(2,3)17(25)10-29-20(28)11-4-6-13-14(8-11)19(27)24(18(13)26)16-9-12(22)5-7-15(16)23/h4-9H,10H2,1-3H3. The summed E-state index contributed by atoms with van der Waals surface area (Å²) in [5.41, 5.74) is -0.246. The number of halogens is 2. The van der Waals surface area contributed by atoms with Crippen molar-refractivity contribution < 1.29 is 23.9 Å². The quantitative estimate of drug-likeness (QED) is 0.521. The predicted octanol–water partition coefficient (Wildman–Crippen LogP) is 4.57. The minimum Gasteiger partial charge on any atom is -0.454 e. The highest BCUT2D eigenvalue weighted by Gasteiger charge is 2.38. The molecule has 6 nitrogen and oxygen atoms in total. The second kappa shape index (κ2) is 7.61. The molecule has 0 saturated heterocycles. The van der Waals surface area contributed by atoms with Crippen molar-refractivity contribution in [1.29, 1.82) is 0 Å². The summed E-state index contributed by atoms with van der Waals surface area (Å²) in [5, 5.41) is 0.498. The van der Waals surface area contributed by atoms with E-state index in [2.05, 4.69) is 0 Å². The highest BCUT2D eigenvalue weighted by molar-refractivity contribution is 6.41. The van der Waals surface area contributed by atoms with E-state index in [1.807, 2.05) is 0 Å². The van der Waals surface area contributed by atoms with Crippen LogP contribution in [0.4, 0.5) is 5.69 Å². The van der Waals surface area contributed by atoms with Crippen molar-refractivity contribution in [3.63, 3.8) is 0 Å². The minimum atomic E-state index is -0.759. The molecule has 1 aliphatic heterocycles. The largest absolute Gasteiger partial charge is 0.454 e. The fraction of sp³-hybridized carbons (Fsp3) is 0.238. The second-order valence-corrected chi connectivity index (χ2v) is 8.39. The normalized spacial score (nSPS) is 13.5. The van der Waals surface area contributed by atoms with Gasteiger partial charge in [-0.1, -0.05) is 44.0 Å². The zero-order valence-corrected chi connectivity index (χ0v) is 17.4. The number of anilines is 1. The van der Waals surface area contributed by atoms with E-state index in [0.717, 1.165) is 4.90 Å². The molecule has 0 spiro atoms. The summed E-state index contributed by atoms with van der Waals surface area (Å²) in [5.74, 6) is -2.20. The average Bonchev–Trinajstić information content (AvgIpc) is 2.91. The van der Waals surface area contributed by atoms with Gasteiger partial charge in [0.1, 0.15) is 0 Å². The molecule has 1 aliphatic rings. The van der Waals surface area contributed by atoms with Gasteiger partial charge >= 0.3 is 5.97 Å². The van der Waals surface area contributed by atoms with Gasteiger partial charge in [0.25, 0.3) is 11.8 Å². The molecular weight excluding hydrogens is 417 g/mol. The molecule has 150 valence electrons. The number of hydrogen-bond donors (Lipinski definition) is 0. The molecule has 0 saturated carbocycles. The van der Waals surface area contributed by atoms with Crippen LogP contribution in [0.2, 0.25) is 10.0 Å². The smallest absolute Gasteiger partial charge is 0.338 e. The molecule has 3 rings (SSSR count). The van der Waals surface area contributed by atoms with E-state index >= 15 is 0 Å². The summed E-state index contributed by atoms with van der Waals surface area (Å²) in [6.07, 6.45) is 0. The number of nitrogens with zero attached hydrogens (tertiary/aromatic N) is 1. The molecule has 2 aromatic carbocycles. The average molecular weight is 434 g/mol. The van der Waals surface area contributed by atoms with Crippen LogP contribution < -0.4 is 4.90 Å². The van der Waals surface area contributed by atoms with Crippen LogP contribution in [0, 0.1) is 5.41 Å². The van der Waals surface area contributed by atoms with E-state index in [9.17, 15) is 19.2 Å². The van der Waals surface area contributed by atoms with Crippen molar-refractivity contribution in [3.8, 4) is 0 Å². The van der Waals surface area contributed by atoms with Crippen LogP contribution in [-0.4, -0.2) is 30.2 Å². The lowest BCUT2D eigenvalue weighted by Gasteiger charge is -2.16. The number of carbonyl (C=O) groups excluding carboxylic acids is 4. The first-order valence-electron chi connectivity index (χ1n) is 8.69. The van der Waals surface area contributed by atoms with Gasteiger partial charge in [0.2, 0.25) is 0 Å². The highest BCUT2D eigenvalue weighted by atomic mass is 35.5. The zero-order chi connectivity index (χ0) is 21.5. The number of rotatable bonds is 4. The number of ketones is 1. The molecule has 0 bridgehead atoms. The van der Waals surface area contributed by atoms with Crippen molar-refractivity contribution >= 4 is 52.5 Å². The van der Waals surface area contributed by atoms with Crippen molar-refractivity contribution in [1.82, 2.24) is 0 Å². The second-order valence-electron chi connectivity index (χ2n) is 7.55. The van der Waals surface area contributed by atoms with Gasteiger partial charge in [-0.2, -0.15) is 0 Å². The maximum Gasteiger partial charge on any atom is 0.338 e. The molecule has 8 heteroatoms. The van der Waals surface area contributed by atoms with Crippen LogP contribution in [-0.2, 0) is 9.53 Å². The fourth-order valence-corrected chi connectivity index (χ4v) is 3.04. The number of amides is 2. The number of fused-ring (bicyclic) bond motifs is 1. The Morgan fingerprint density at radius 2 is 1.62 bits per heavy atom. The van der Waals surface area contributed by atoms with Crippen LogP contribution in [0.5, 0.6) is 0 Å². The molecule has 2 amide bonds. The number of hydrogen-bond acceptors (Lipinski definition) is 5. The lowest BCUT2D eigenvalue weighted by Crippen LogP contribution is -2.29. The van der Waals surface area contributed by atoms with E-state index < -0.39 is 23.2 Å². The molecule has 0 fully saturated rings. The molecular formula is C21H17Cl2NO5. The molecule has 1 heterocycles. The highest BCUT2D eigenvalue weighted by Crippen LogP contribution is 2.35. The van der Waals surface area contributed by atoms with E-state index in [4.69, 9.17) is 27.9 Å². The molecule has 0 aromatic heterocycles. The Bertz CT molecular complexity index is 1060. The molecule has 2 aromatic rings. The number of Topliss-reactive ketones (excluding diaryl/α,β-unsaturated/α-hetero) is 1. The number of esters is 1. The predicted molar refractivity (Wildman–Crippen MR) is 109 cm³/mol. The van der Waals surface area contributed by atoms with E-state index in [1.165, 1.54) is 30.3 Å². The summed E-state index contributed by atoms with van der Waals surface area (Å²) in [6, 6.07) is 8.46. The fourth-order valence-electron chi connectivity index (χ4n) is 2.67. The molecule has 29 heavy (non-hydrogen) atoms. The van der Waals surface area contributed by atoms with Gasteiger partial charge < -0.3 is 4.74 Å². The van der Waals surface area contributed by atoms with Crippen molar-refractivity contribution in [2.75, 3.05) is 11.5 Å². The molecule has 0 atom stereocenters. The van der Waals surface area contributed by atoms with Crippen LogP contribution in [0.3, 0.4) is 0 Å². The van der Waals surface area contributed by atoms with Crippen molar-refractivity contribution in [2.45, 2.75) is 20.8 Å². The van der Waals surface area contributed by atoms with Gasteiger partial charge in [0.05, 0.1) is 27.4 Å². The van der Waals surface area contributed by atoms with Gasteiger partial charge in [-0.25, -0.2) is 9.69 Å². The molecule has 0 unspecified atom stereocenters. The van der Waals surface area contributed by atoms with Gasteiger partial charge in [0.15, 0.2) is 12.4 Å². The Kier molecular flexibility index (Phi) is 5.52. The monoisotopic (exact) mass is 433 g/mol. The van der Waals surface area contributed by atoms with Gasteiger partial charge in [0, 0.05) is 10.4 Å². The Balaban J connectivity index is 1.87. The number of benzene rings is 2. The maximum atomic E-state index is 12.8. The van der Waals surface area contributed by atoms with Crippen LogP contribution in [0.25, 0.3) is 0 Å². The van der Waals surface area contributed by atoms with E-state index in [1.54, 1.807) is 26.8 Å². The third-order valence-electron chi connectivity index (χ3n) is 4.44. The Labute approximate surface area is 177 Å². The summed E-state index contributed by atoms with van der Waals surface area (Å²) in [6.45, 7) is 4.78. The van der Waals surface area contributed by atoms with Gasteiger partial charge in [-0.05, 0) is 36.4 Å². The molecule has 0 radical (unpaired) electrons. The summed E-state index contributed by atoms with van der Waals surface area (Å²) < 4.78 is 5.05. The first-order valence-corrected chi connectivity index (χ1v) is 9.44. The Morgan fingerprint density at radius 1 is 0.966 bits per heavy atom. The number of carbonyl (C=O) groups is 4. The topological polar surface area (TPSA) is 80.8 Å². The maximum absolute atomic E-state index is 12.8. The minimum absolute atomic E-state index is 0.0441. The Hall–Kier alpha value is -2.70. The van der Waals surface area contributed by atoms with Crippen molar-refractivity contribution in [3.05, 3.63) is 63.1 Å². The van der Waals surface area contributed by atoms with E-state index in [0.29, 0.717) is 5.02 Å². The van der Waals surface area contributed by atoms with Crippen LogP contribution in [0.1, 0.15) is 51.8 Å². The number of imide groups is 1. The van der Waals surface area contributed by atoms with Gasteiger partial charge in [-0.15, -0.1) is 0 Å². The van der Waals surface area contributed by atoms with Crippen LogP contribution >= 0.6 is 23.2 Å². The summed E-state index contributed by atoms with van der Waals surface area (Å²) >= 11 is 12.1. The first kappa shape index (κ1) is 21.0. The third-order valence-corrected chi connectivity index (χ3v) is 5.00. The Morgan fingerprint density at radius 3 is 2.28 bits per heavy atom. The summed E-state index contributed by atoms with van der Waals surface area (Å²) in [7, 11) is 0. The third kappa shape index (κ3) is 4.04. The summed E-state index contributed by atoms with van der Waals surface area (Å²) in [4.78, 5) is 50.7. The van der Waals surface area contributed by atoms with Crippen molar-refractivity contribution in [2.24, 2.45) is 5.41 Å². The van der Waals surface area contributed by atoms with E-state index in [-0.39, 0.29) is 39.8 Å². The van der Waals surface area contributed by atoms with Crippen LogP contribution in [0.15, 0.2) is 36.4 Å².